The van der Waals surface area contributed by atoms with Crippen molar-refractivity contribution in [3.05, 3.63) is 16.8 Å². The van der Waals surface area contributed by atoms with Crippen molar-refractivity contribution in [1.82, 2.24) is 15.5 Å². The Labute approximate surface area is 125 Å². The summed E-state index contributed by atoms with van der Waals surface area (Å²) >= 11 is 0. The fraction of sp³-hybridized carbons (Fsp3) is 0.600. The van der Waals surface area contributed by atoms with E-state index in [1.807, 2.05) is 13.8 Å². The summed E-state index contributed by atoms with van der Waals surface area (Å²) in [6.45, 7) is 5.41. The van der Waals surface area contributed by atoms with Crippen LogP contribution in [-0.4, -0.2) is 28.2 Å². The second kappa shape index (κ2) is 6.53. The lowest BCUT2D eigenvalue weighted by molar-refractivity contribution is -0.122. The molecule has 0 saturated heterocycles. The summed E-state index contributed by atoms with van der Waals surface area (Å²) < 4.78 is 0. The van der Waals surface area contributed by atoms with Gasteiger partial charge in [0.1, 0.15) is 17.7 Å². The normalized spacial score (nSPS) is 16.3. The number of nitriles is 1. The molecule has 0 aliphatic heterocycles. The molecule has 2 N–H and O–H groups in total. The van der Waals surface area contributed by atoms with E-state index >= 15 is 0 Å². The average Bonchev–Trinajstić information content (AvgIpc) is 2.96. The molecule has 1 amide bonds. The van der Waals surface area contributed by atoms with E-state index in [2.05, 4.69) is 26.9 Å². The molecule has 0 aromatic carbocycles. The van der Waals surface area contributed by atoms with Crippen LogP contribution in [0.3, 0.4) is 0 Å². The van der Waals surface area contributed by atoms with Crippen LogP contribution in [0.25, 0.3) is 0 Å². The molecular formula is C15H21N5O. The smallest absolute Gasteiger partial charge is 0.242 e. The Bertz CT molecular complexity index is 572. The minimum atomic E-state index is -0.450. The lowest BCUT2D eigenvalue weighted by Crippen LogP contribution is -2.42. The lowest BCUT2D eigenvalue weighted by Gasteiger charge is -2.18. The van der Waals surface area contributed by atoms with Crippen LogP contribution in [0.2, 0.25) is 0 Å². The molecule has 1 heterocycles. The predicted molar refractivity (Wildman–Crippen MR) is 79.7 cm³/mol. The van der Waals surface area contributed by atoms with E-state index in [4.69, 9.17) is 0 Å². The first-order valence-electron chi connectivity index (χ1n) is 7.33. The Hall–Kier alpha value is -2.16. The van der Waals surface area contributed by atoms with Crippen molar-refractivity contribution in [1.29, 1.82) is 5.26 Å². The fourth-order valence-electron chi connectivity index (χ4n) is 2.51. The molecule has 0 bridgehead atoms. The summed E-state index contributed by atoms with van der Waals surface area (Å²) in [6.07, 6.45) is 4.44. The van der Waals surface area contributed by atoms with E-state index in [1.54, 1.807) is 6.92 Å². The molecule has 1 aromatic rings. The van der Waals surface area contributed by atoms with Gasteiger partial charge in [0.2, 0.25) is 5.91 Å². The Balaban J connectivity index is 2.05. The highest BCUT2D eigenvalue weighted by molar-refractivity contribution is 5.84. The first kappa shape index (κ1) is 15.2. The highest BCUT2D eigenvalue weighted by Crippen LogP contribution is 2.19. The van der Waals surface area contributed by atoms with Crippen molar-refractivity contribution in [2.75, 3.05) is 5.32 Å². The van der Waals surface area contributed by atoms with Gasteiger partial charge in [-0.05, 0) is 39.2 Å². The molecule has 2 rings (SSSR count). The van der Waals surface area contributed by atoms with Crippen molar-refractivity contribution >= 4 is 11.7 Å². The fourth-order valence-corrected chi connectivity index (χ4v) is 2.51. The third kappa shape index (κ3) is 3.48. The van der Waals surface area contributed by atoms with Gasteiger partial charge in [0.15, 0.2) is 5.82 Å². The first-order valence-corrected chi connectivity index (χ1v) is 7.33. The van der Waals surface area contributed by atoms with Crippen LogP contribution in [0.4, 0.5) is 5.82 Å². The molecule has 0 spiro atoms. The third-order valence-corrected chi connectivity index (χ3v) is 4.01. The van der Waals surface area contributed by atoms with E-state index in [-0.39, 0.29) is 11.9 Å². The van der Waals surface area contributed by atoms with Crippen molar-refractivity contribution in [2.45, 2.75) is 58.5 Å². The molecular weight excluding hydrogens is 266 g/mol. The SMILES string of the molecule is Cc1nnc(N[C@@H](C)C(=O)NC2CCCC2)c(C#N)c1C. The quantitative estimate of drug-likeness (QED) is 0.881. The van der Waals surface area contributed by atoms with Crippen LogP contribution >= 0.6 is 0 Å². The van der Waals surface area contributed by atoms with E-state index in [0.717, 1.165) is 24.1 Å². The summed E-state index contributed by atoms with van der Waals surface area (Å²) in [5.41, 5.74) is 1.96. The molecule has 1 aliphatic carbocycles. The minimum absolute atomic E-state index is 0.0641. The zero-order chi connectivity index (χ0) is 15.4. The van der Waals surface area contributed by atoms with Crippen LogP contribution < -0.4 is 10.6 Å². The number of amides is 1. The maximum Gasteiger partial charge on any atom is 0.242 e. The largest absolute Gasteiger partial charge is 0.356 e. The van der Waals surface area contributed by atoms with Gasteiger partial charge in [0.05, 0.1) is 5.69 Å². The number of anilines is 1. The molecule has 1 saturated carbocycles. The number of hydrogen-bond acceptors (Lipinski definition) is 5. The Morgan fingerprint density at radius 2 is 2.00 bits per heavy atom. The zero-order valence-corrected chi connectivity index (χ0v) is 12.7. The number of rotatable bonds is 4. The van der Waals surface area contributed by atoms with Crippen molar-refractivity contribution < 1.29 is 4.79 Å². The lowest BCUT2D eigenvalue weighted by atomic mass is 10.1. The van der Waals surface area contributed by atoms with Gasteiger partial charge in [0.25, 0.3) is 0 Å². The number of hydrogen-bond donors (Lipinski definition) is 2. The maximum absolute atomic E-state index is 12.2. The number of carbonyl (C=O) groups is 1. The van der Waals surface area contributed by atoms with Crippen molar-refractivity contribution in [3.63, 3.8) is 0 Å². The van der Waals surface area contributed by atoms with Gasteiger partial charge in [0, 0.05) is 6.04 Å². The van der Waals surface area contributed by atoms with Gasteiger partial charge in [-0.15, -0.1) is 5.10 Å². The Morgan fingerprint density at radius 1 is 1.33 bits per heavy atom. The van der Waals surface area contributed by atoms with Crippen LogP contribution in [-0.2, 0) is 4.79 Å². The second-order valence-corrected chi connectivity index (χ2v) is 5.60. The average molecular weight is 287 g/mol. The summed E-state index contributed by atoms with van der Waals surface area (Å²) in [7, 11) is 0. The second-order valence-electron chi connectivity index (χ2n) is 5.60. The van der Waals surface area contributed by atoms with Gasteiger partial charge >= 0.3 is 0 Å². The molecule has 112 valence electrons. The molecule has 0 radical (unpaired) electrons. The van der Waals surface area contributed by atoms with E-state index in [0.29, 0.717) is 11.4 Å². The predicted octanol–water partition coefficient (Wildman–Crippen LogP) is 1.82. The number of aryl methyl sites for hydroxylation is 1. The third-order valence-electron chi connectivity index (χ3n) is 4.01. The van der Waals surface area contributed by atoms with Gasteiger partial charge in [-0.2, -0.15) is 10.4 Å². The standard InChI is InChI=1S/C15H21N5O/c1-9-10(2)19-20-14(13(9)8-16)17-11(3)15(21)18-12-6-4-5-7-12/h11-12H,4-7H2,1-3H3,(H,17,20)(H,18,21)/t11-/m0/s1. The van der Waals surface area contributed by atoms with Gasteiger partial charge < -0.3 is 10.6 Å². The number of aromatic nitrogens is 2. The number of nitrogens with zero attached hydrogens (tertiary/aromatic N) is 3. The van der Waals surface area contributed by atoms with Crippen LogP contribution in [0.5, 0.6) is 0 Å². The summed E-state index contributed by atoms with van der Waals surface area (Å²) in [5, 5.41) is 23.3. The molecule has 1 aromatic heterocycles. The highest BCUT2D eigenvalue weighted by Gasteiger charge is 2.22. The molecule has 6 heteroatoms. The minimum Gasteiger partial charge on any atom is -0.356 e. The maximum atomic E-state index is 12.2. The topological polar surface area (TPSA) is 90.7 Å². The monoisotopic (exact) mass is 287 g/mol. The summed E-state index contributed by atoms with van der Waals surface area (Å²) in [5.74, 6) is 0.306. The zero-order valence-electron chi connectivity index (χ0n) is 12.7. The van der Waals surface area contributed by atoms with Gasteiger partial charge in [-0.1, -0.05) is 12.8 Å². The van der Waals surface area contributed by atoms with E-state index in [9.17, 15) is 10.1 Å². The van der Waals surface area contributed by atoms with E-state index in [1.165, 1.54) is 12.8 Å². The molecule has 1 fully saturated rings. The van der Waals surface area contributed by atoms with Crippen molar-refractivity contribution in [3.8, 4) is 6.07 Å². The molecule has 21 heavy (non-hydrogen) atoms. The molecule has 1 aliphatic rings. The van der Waals surface area contributed by atoms with Gasteiger partial charge in [-0.3, -0.25) is 4.79 Å². The number of nitrogens with one attached hydrogen (secondary N) is 2. The van der Waals surface area contributed by atoms with Crippen LogP contribution in [0.15, 0.2) is 0 Å². The van der Waals surface area contributed by atoms with E-state index < -0.39 is 6.04 Å². The molecule has 6 nitrogen and oxygen atoms in total. The van der Waals surface area contributed by atoms with Gasteiger partial charge in [-0.25, -0.2) is 0 Å². The Kier molecular flexibility index (Phi) is 4.73. The number of carbonyl (C=O) groups excluding carboxylic acids is 1. The summed E-state index contributed by atoms with van der Waals surface area (Å²) in [4.78, 5) is 12.2. The van der Waals surface area contributed by atoms with Crippen LogP contribution in [0.1, 0.15) is 49.4 Å². The Morgan fingerprint density at radius 3 is 2.62 bits per heavy atom. The molecule has 0 unspecified atom stereocenters. The molecule has 1 atom stereocenters. The summed E-state index contributed by atoms with van der Waals surface area (Å²) in [6, 6.07) is 1.96. The van der Waals surface area contributed by atoms with Crippen LogP contribution in [0, 0.1) is 25.2 Å². The highest BCUT2D eigenvalue weighted by atomic mass is 16.2. The van der Waals surface area contributed by atoms with Crippen molar-refractivity contribution in [2.24, 2.45) is 0 Å². The first-order chi connectivity index (χ1) is 10.0.